The van der Waals surface area contributed by atoms with Crippen molar-refractivity contribution < 1.29 is 33.4 Å². The largest absolute Gasteiger partial charge is 0.478 e. The number of carbonyl (C=O) groups excluding carboxylic acids is 5. The van der Waals surface area contributed by atoms with Gasteiger partial charge in [-0.05, 0) is 88.4 Å². The third kappa shape index (κ3) is 8.25. The van der Waals surface area contributed by atoms with Crippen LogP contribution in [0.15, 0.2) is 53.5 Å². The summed E-state index contributed by atoms with van der Waals surface area (Å²) >= 11 is 6.63. The molecule has 0 saturated carbocycles. The van der Waals surface area contributed by atoms with Crippen molar-refractivity contribution in [3.63, 3.8) is 0 Å². The first-order valence-corrected chi connectivity index (χ1v) is 22.2. The van der Waals surface area contributed by atoms with Crippen LogP contribution in [-0.2, 0) is 19.1 Å². The highest BCUT2D eigenvalue weighted by molar-refractivity contribution is 6.33. The molecule has 2 aromatic heterocycles. The zero-order valence-corrected chi connectivity index (χ0v) is 36.8. The fourth-order valence-electron chi connectivity index (χ4n) is 9.69. The molecule has 5 aliphatic heterocycles. The molecule has 1 atom stereocenters. The molecule has 19 heteroatoms. The molecular formula is C45H51ClN10O8. The van der Waals surface area contributed by atoms with Crippen LogP contribution in [0, 0.1) is 5.92 Å². The Labute approximate surface area is 374 Å². The highest BCUT2D eigenvalue weighted by atomic mass is 35.5. The van der Waals surface area contributed by atoms with Crippen molar-refractivity contribution in [2.45, 2.75) is 63.6 Å². The van der Waals surface area contributed by atoms with Crippen molar-refractivity contribution in [1.29, 1.82) is 0 Å². The van der Waals surface area contributed by atoms with E-state index < -0.39 is 29.7 Å². The lowest BCUT2D eigenvalue weighted by molar-refractivity contribution is -0.149. The van der Waals surface area contributed by atoms with Crippen LogP contribution in [0.2, 0.25) is 5.02 Å². The van der Waals surface area contributed by atoms with E-state index >= 15 is 0 Å². The first-order chi connectivity index (χ1) is 30.8. The van der Waals surface area contributed by atoms with Gasteiger partial charge >= 0.3 is 0 Å². The third-order valence-corrected chi connectivity index (χ3v) is 13.2. The van der Waals surface area contributed by atoms with E-state index in [1.807, 2.05) is 38.1 Å². The van der Waals surface area contributed by atoms with Gasteiger partial charge in [-0.1, -0.05) is 17.7 Å². The maximum atomic E-state index is 13.7. The molecule has 5 amide bonds. The minimum Gasteiger partial charge on any atom is -0.478 e. The zero-order chi connectivity index (χ0) is 44.9. The van der Waals surface area contributed by atoms with E-state index in [1.54, 1.807) is 29.0 Å². The van der Waals surface area contributed by atoms with Crippen molar-refractivity contribution in [3.8, 4) is 5.75 Å². The molecule has 9 rings (SSSR count). The number of likely N-dealkylation sites (tertiary alicyclic amines) is 1. The molecule has 4 fully saturated rings. The van der Waals surface area contributed by atoms with E-state index in [4.69, 9.17) is 26.1 Å². The SMILES string of the molecule is CNC(=O)COc1cc2cc(Nc3nc(N4CCOC5(CN(CCC6CCN(c7cccc8c7C(=O)N(C7CCC(=O)NC7=O)C8=O)CC6)C5)C4)ncc3Cl)ccc2n(C(C)C)c1=O. The summed E-state index contributed by atoms with van der Waals surface area (Å²) in [7, 11) is 1.51. The number of amides is 5. The quantitative estimate of drug-likeness (QED) is 0.175. The highest BCUT2D eigenvalue weighted by Gasteiger charge is 2.48. The molecule has 7 heterocycles. The van der Waals surface area contributed by atoms with Crippen molar-refractivity contribution in [2.75, 3.05) is 81.2 Å². The zero-order valence-electron chi connectivity index (χ0n) is 36.0. The van der Waals surface area contributed by atoms with Gasteiger partial charge in [-0.3, -0.25) is 43.9 Å². The number of benzene rings is 2. The number of nitrogens with zero attached hydrogens (tertiary/aromatic N) is 7. The predicted octanol–water partition coefficient (Wildman–Crippen LogP) is 3.49. The van der Waals surface area contributed by atoms with Gasteiger partial charge in [0.25, 0.3) is 23.3 Å². The van der Waals surface area contributed by atoms with E-state index in [-0.39, 0.29) is 48.3 Å². The van der Waals surface area contributed by atoms with Gasteiger partial charge in [0.05, 0.1) is 41.7 Å². The summed E-state index contributed by atoms with van der Waals surface area (Å²) in [6.07, 6.45) is 4.72. The number of fused-ring (bicyclic) bond motifs is 2. The number of hydrogen-bond acceptors (Lipinski definition) is 14. The summed E-state index contributed by atoms with van der Waals surface area (Å²) in [6.45, 7) is 9.38. The van der Waals surface area contributed by atoms with E-state index in [0.29, 0.717) is 64.9 Å². The minimum absolute atomic E-state index is 0.0796. The second-order valence-corrected chi connectivity index (χ2v) is 17.9. The van der Waals surface area contributed by atoms with Crippen LogP contribution >= 0.6 is 11.6 Å². The van der Waals surface area contributed by atoms with Crippen LogP contribution in [0.3, 0.4) is 0 Å². The van der Waals surface area contributed by atoms with Crippen LogP contribution in [0.1, 0.15) is 72.7 Å². The van der Waals surface area contributed by atoms with Crippen LogP contribution in [-0.4, -0.2) is 132 Å². The summed E-state index contributed by atoms with van der Waals surface area (Å²) in [5.74, 6) is -0.765. The molecule has 5 aliphatic rings. The molecule has 64 heavy (non-hydrogen) atoms. The molecule has 0 radical (unpaired) electrons. The maximum Gasteiger partial charge on any atom is 0.293 e. The Hall–Kier alpha value is -6.11. The van der Waals surface area contributed by atoms with Gasteiger partial charge in [0.15, 0.2) is 18.2 Å². The summed E-state index contributed by atoms with van der Waals surface area (Å²) in [5, 5.41) is 9.18. The van der Waals surface area contributed by atoms with Crippen LogP contribution in [0.25, 0.3) is 10.9 Å². The molecule has 336 valence electrons. The molecule has 3 N–H and O–H groups in total. The number of morpholine rings is 1. The fraction of sp³-hybridized carbons (Fsp3) is 0.467. The van der Waals surface area contributed by atoms with Crippen molar-refractivity contribution in [2.24, 2.45) is 5.92 Å². The Balaban J connectivity index is 0.789. The molecule has 18 nitrogen and oxygen atoms in total. The van der Waals surface area contributed by atoms with Gasteiger partial charge in [0.2, 0.25) is 17.8 Å². The molecule has 1 spiro atoms. The van der Waals surface area contributed by atoms with Gasteiger partial charge in [-0.25, -0.2) is 4.98 Å². The number of carbonyl (C=O) groups is 5. The Morgan fingerprint density at radius 1 is 1.00 bits per heavy atom. The summed E-state index contributed by atoms with van der Waals surface area (Å²) in [4.78, 5) is 93.7. The summed E-state index contributed by atoms with van der Waals surface area (Å²) in [6, 6.07) is 11.4. The second-order valence-electron chi connectivity index (χ2n) is 17.5. The number of ether oxygens (including phenoxy) is 2. The van der Waals surface area contributed by atoms with Gasteiger partial charge in [0, 0.05) is 63.3 Å². The Kier molecular flexibility index (Phi) is 11.8. The third-order valence-electron chi connectivity index (χ3n) is 13.0. The van der Waals surface area contributed by atoms with Crippen LogP contribution in [0.4, 0.5) is 23.1 Å². The van der Waals surface area contributed by atoms with Crippen molar-refractivity contribution in [1.82, 2.24) is 35.0 Å². The number of aromatic nitrogens is 3. The average Bonchev–Trinajstić information content (AvgIpc) is 3.53. The second kappa shape index (κ2) is 17.5. The standard InChI is InChI=1S/C45H51ClN10O8/c1-26(2)55-32-8-7-29(19-28(32)20-35(42(55)61)63-22-37(58)47-3)49-39-31(46)21-48-44(51-39)54-17-18-64-45(25-54)23-52(24-45)14-11-27-12-15-53(16-13-27)33-6-4-5-30-38(33)43(62)56(41(30)60)34-9-10-36(57)50-40(34)59/h4-8,19-21,26-27,34H,9-18,22-25H2,1-3H3,(H,47,58)(H,48,49,51)(H,50,57,59). The number of nitrogens with one attached hydrogen (secondary N) is 3. The van der Waals surface area contributed by atoms with E-state index in [9.17, 15) is 28.8 Å². The van der Waals surface area contributed by atoms with Crippen LogP contribution in [0.5, 0.6) is 5.75 Å². The monoisotopic (exact) mass is 894 g/mol. The van der Waals surface area contributed by atoms with E-state index in [1.165, 1.54) is 7.05 Å². The minimum atomic E-state index is -0.994. The normalized spacial score (nSPS) is 20.2. The number of rotatable bonds is 12. The predicted molar refractivity (Wildman–Crippen MR) is 238 cm³/mol. The Morgan fingerprint density at radius 2 is 1.80 bits per heavy atom. The lowest BCUT2D eigenvalue weighted by Gasteiger charge is -2.54. The van der Waals surface area contributed by atoms with Crippen molar-refractivity contribution in [3.05, 3.63) is 75.2 Å². The number of pyridine rings is 1. The molecule has 1 unspecified atom stereocenters. The summed E-state index contributed by atoms with van der Waals surface area (Å²) < 4.78 is 13.6. The summed E-state index contributed by atoms with van der Waals surface area (Å²) in [5.41, 5.74) is 2.12. The number of likely N-dealkylation sites (N-methyl/N-ethyl adjacent to an activating group) is 1. The lowest BCUT2D eigenvalue weighted by Crippen LogP contribution is -2.70. The lowest BCUT2D eigenvalue weighted by atomic mass is 9.88. The Bertz CT molecular complexity index is 2610. The molecule has 4 saturated heterocycles. The van der Waals surface area contributed by atoms with Gasteiger partial charge < -0.3 is 34.5 Å². The van der Waals surface area contributed by atoms with Gasteiger partial charge in [-0.15, -0.1) is 0 Å². The van der Waals surface area contributed by atoms with Gasteiger partial charge in [0.1, 0.15) is 16.7 Å². The average molecular weight is 895 g/mol. The highest BCUT2D eigenvalue weighted by Crippen LogP contribution is 2.38. The van der Waals surface area contributed by atoms with Crippen LogP contribution < -0.4 is 36.0 Å². The number of anilines is 4. The fourth-order valence-corrected chi connectivity index (χ4v) is 9.82. The van der Waals surface area contributed by atoms with E-state index in [0.717, 1.165) is 67.8 Å². The number of hydrogen-bond donors (Lipinski definition) is 3. The molecule has 2 aromatic carbocycles. The number of piperidine rings is 2. The number of halogens is 1. The number of imide groups is 2. The molecule has 0 bridgehead atoms. The van der Waals surface area contributed by atoms with Crippen molar-refractivity contribution >= 4 is 75.2 Å². The molecule has 0 aliphatic carbocycles. The molecular weight excluding hydrogens is 844 g/mol. The Morgan fingerprint density at radius 3 is 2.55 bits per heavy atom. The smallest absolute Gasteiger partial charge is 0.293 e. The van der Waals surface area contributed by atoms with Gasteiger partial charge in [-0.2, -0.15) is 4.98 Å². The first-order valence-electron chi connectivity index (χ1n) is 21.8. The first kappa shape index (κ1) is 43.2. The topological polar surface area (TPSA) is 201 Å². The maximum absolute atomic E-state index is 13.7. The molecule has 4 aromatic rings. The van der Waals surface area contributed by atoms with E-state index in [2.05, 4.69) is 35.6 Å².